The lowest BCUT2D eigenvalue weighted by Crippen LogP contribution is -2.55. The van der Waals surface area contributed by atoms with E-state index in [0.717, 1.165) is 29.8 Å². The Balaban J connectivity index is 1.65. The van der Waals surface area contributed by atoms with Crippen molar-refractivity contribution >= 4 is 23.5 Å². The Bertz CT molecular complexity index is 970. The zero-order valence-electron chi connectivity index (χ0n) is 15.7. The molecule has 8 nitrogen and oxygen atoms in total. The molecule has 3 heterocycles. The van der Waals surface area contributed by atoms with E-state index in [0.29, 0.717) is 30.5 Å². The van der Waals surface area contributed by atoms with Crippen LogP contribution in [0.4, 0.5) is 17.6 Å². The first kappa shape index (κ1) is 18.0. The molecule has 1 amide bonds. The Labute approximate surface area is 163 Å². The van der Waals surface area contributed by atoms with Crippen molar-refractivity contribution in [1.82, 2.24) is 20.2 Å². The highest BCUT2D eigenvalue weighted by molar-refractivity contribution is 5.84. The smallest absolute Gasteiger partial charge is 0.240 e. The van der Waals surface area contributed by atoms with Crippen molar-refractivity contribution in [3.63, 3.8) is 0 Å². The minimum Gasteiger partial charge on any atom is -0.368 e. The van der Waals surface area contributed by atoms with E-state index in [1.165, 1.54) is 0 Å². The number of hydrogen-bond acceptors (Lipinski definition) is 6. The highest BCUT2D eigenvalue weighted by Gasteiger charge is 2.34. The molecule has 0 aliphatic carbocycles. The number of carbonyl (C=O) groups is 1. The number of aromatic amines is 1. The van der Waals surface area contributed by atoms with Crippen molar-refractivity contribution < 1.29 is 4.79 Å². The minimum atomic E-state index is -0.350. The van der Waals surface area contributed by atoms with Crippen LogP contribution in [0.25, 0.3) is 0 Å². The number of aryl methyl sites for hydroxylation is 1. The van der Waals surface area contributed by atoms with Gasteiger partial charge in [-0.05, 0) is 18.4 Å². The van der Waals surface area contributed by atoms with Gasteiger partial charge in [-0.3, -0.25) is 9.89 Å². The van der Waals surface area contributed by atoms with Crippen molar-refractivity contribution in [2.75, 3.05) is 16.8 Å². The van der Waals surface area contributed by atoms with Crippen LogP contribution in [0.2, 0.25) is 0 Å². The molecular formula is C20H23N7O. The molecule has 0 bridgehead atoms. The van der Waals surface area contributed by atoms with Gasteiger partial charge in [-0.2, -0.15) is 10.1 Å². The molecule has 144 valence electrons. The van der Waals surface area contributed by atoms with Crippen LogP contribution < -0.4 is 16.0 Å². The van der Waals surface area contributed by atoms with Crippen molar-refractivity contribution in [1.29, 1.82) is 0 Å². The molecule has 1 aliphatic heterocycles. The van der Waals surface area contributed by atoms with Crippen LogP contribution in [-0.2, 0) is 17.6 Å². The normalized spacial score (nSPS) is 15.9. The molecule has 28 heavy (non-hydrogen) atoms. The SMILES string of the molecule is CCc1cc(Nc2cc(Cc3ccccc3)nc(N3CC[C@H]3C(N)=O)n2)n[nH]1. The molecule has 4 rings (SSSR count). The summed E-state index contributed by atoms with van der Waals surface area (Å²) in [6.45, 7) is 2.77. The van der Waals surface area contributed by atoms with Crippen molar-refractivity contribution in [2.24, 2.45) is 5.73 Å². The Hall–Kier alpha value is -3.42. The highest BCUT2D eigenvalue weighted by atomic mass is 16.1. The standard InChI is InChI=1S/C20H23N7O/c1-2-14-11-18(26-25-14)23-17-12-15(10-13-6-4-3-5-7-13)22-20(24-17)27-9-8-16(27)19(21)28/h3-7,11-12,16H,2,8-10H2,1H3,(H2,21,28)(H2,22,23,24,25,26)/t16-/m0/s1. The summed E-state index contributed by atoms with van der Waals surface area (Å²) in [5.41, 5.74) is 8.56. The summed E-state index contributed by atoms with van der Waals surface area (Å²) >= 11 is 0. The van der Waals surface area contributed by atoms with Crippen molar-refractivity contribution in [3.8, 4) is 0 Å². The van der Waals surface area contributed by atoms with E-state index in [4.69, 9.17) is 5.73 Å². The minimum absolute atomic E-state index is 0.349. The van der Waals surface area contributed by atoms with E-state index in [2.05, 4.69) is 44.5 Å². The number of carbonyl (C=O) groups excluding carboxylic acids is 1. The number of aromatic nitrogens is 4. The number of nitrogens with zero attached hydrogens (tertiary/aromatic N) is 4. The van der Waals surface area contributed by atoms with Gasteiger partial charge in [-0.15, -0.1) is 0 Å². The van der Waals surface area contributed by atoms with E-state index in [1.807, 2.05) is 35.2 Å². The summed E-state index contributed by atoms with van der Waals surface area (Å²) in [7, 11) is 0. The zero-order valence-corrected chi connectivity index (χ0v) is 15.7. The Morgan fingerprint density at radius 3 is 2.71 bits per heavy atom. The molecule has 0 spiro atoms. The lowest BCUT2D eigenvalue weighted by molar-refractivity contribution is -0.120. The Morgan fingerprint density at radius 2 is 2.07 bits per heavy atom. The van der Waals surface area contributed by atoms with Crippen LogP contribution in [0.1, 0.15) is 30.3 Å². The summed E-state index contributed by atoms with van der Waals surface area (Å²) < 4.78 is 0. The summed E-state index contributed by atoms with van der Waals surface area (Å²) in [6, 6.07) is 13.6. The highest BCUT2D eigenvalue weighted by Crippen LogP contribution is 2.26. The first-order valence-corrected chi connectivity index (χ1v) is 9.41. The average molecular weight is 377 g/mol. The topological polar surface area (TPSA) is 113 Å². The van der Waals surface area contributed by atoms with E-state index >= 15 is 0 Å². The molecule has 2 aromatic heterocycles. The molecule has 8 heteroatoms. The summed E-state index contributed by atoms with van der Waals surface area (Å²) in [5.74, 6) is 1.50. The van der Waals surface area contributed by atoms with Crippen LogP contribution in [0.5, 0.6) is 0 Å². The second-order valence-corrected chi connectivity index (χ2v) is 6.86. The number of H-pyrrole nitrogens is 1. The third-order valence-corrected chi connectivity index (χ3v) is 4.87. The Morgan fingerprint density at radius 1 is 1.25 bits per heavy atom. The molecule has 1 aliphatic rings. The van der Waals surface area contributed by atoms with Crippen LogP contribution in [-0.4, -0.2) is 38.7 Å². The van der Waals surface area contributed by atoms with Crippen LogP contribution in [0.3, 0.4) is 0 Å². The maximum absolute atomic E-state index is 11.6. The predicted octanol–water partition coefficient (Wildman–Crippen LogP) is 2.16. The van der Waals surface area contributed by atoms with Crippen LogP contribution in [0.15, 0.2) is 42.5 Å². The summed E-state index contributed by atoms with van der Waals surface area (Å²) in [4.78, 5) is 22.8. The fourth-order valence-corrected chi connectivity index (χ4v) is 3.23. The molecule has 1 atom stereocenters. The van der Waals surface area contributed by atoms with Gasteiger partial charge in [-0.1, -0.05) is 37.3 Å². The van der Waals surface area contributed by atoms with E-state index in [-0.39, 0.29) is 11.9 Å². The molecule has 1 fully saturated rings. The number of nitrogens with two attached hydrogens (primary N) is 1. The number of rotatable bonds is 7. The lowest BCUT2D eigenvalue weighted by atomic mass is 10.0. The number of anilines is 3. The number of benzene rings is 1. The quantitative estimate of drug-likeness (QED) is 0.582. The average Bonchev–Trinajstić information content (AvgIpc) is 3.08. The molecule has 0 unspecified atom stereocenters. The first-order valence-electron chi connectivity index (χ1n) is 9.41. The fraction of sp³-hybridized carbons (Fsp3) is 0.300. The molecule has 0 radical (unpaired) electrons. The number of hydrogen-bond donors (Lipinski definition) is 3. The van der Waals surface area contributed by atoms with E-state index in [1.54, 1.807) is 0 Å². The van der Waals surface area contributed by atoms with Gasteiger partial charge in [-0.25, -0.2) is 4.98 Å². The second kappa shape index (κ2) is 7.67. The van der Waals surface area contributed by atoms with Crippen molar-refractivity contribution in [3.05, 3.63) is 59.4 Å². The van der Waals surface area contributed by atoms with Gasteiger partial charge in [0.1, 0.15) is 11.9 Å². The molecular weight excluding hydrogens is 354 g/mol. The monoisotopic (exact) mass is 377 g/mol. The van der Waals surface area contributed by atoms with Gasteiger partial charge in [0, 0.05) is 30.8 Å². The third kappa shape index (κ3) is 3.80. The van der Waals surface area contributed by atoms with E-state index < -0.39 is 0 Å². The van der Waals surface area contributed by atoms with Crippen LogP contribution >= 0.6 is 0 Å². The van der Waals surface area contributed by atoms with Gasteiger partial charge in [0.2, 0.25) is 11.9 Å². The van der Waals surface area contributed by atoms with Gasteiger partial charge < -0.3 is 16.0 Å². The maximum Gasteiger partial charge on any atom is 0.240 e. The first-order chi connectivity index (χ1) is 13.6. The zero-order chi connectivity index (χ0) is 19.5. The Kier molecular flexibility index (Phi) is 4.92. The van der Waals surface area contributed by atoms with Gasteiger partial charge >= 0.3 is 0 Å². The predicted molar refractivity (Wildman–Crippen MR) is 107 cm³/mol. The second-order valence-electron chi connectivity index (χ2n) is 6.86. The van der Waals surface area contributed by atoms with Gasteiger partial charge in [0.05, 0.1) is 5.69 Å². The summed E-state index contributed by atoms with van der Waals surface area (Å²) in [5, 5.41) is 10.5. The fourth-order valence-electron chi connectivity index (χ4n) is 3.23. The molecule has 1 saturated heterocycles. The van der Waals surface area contributed by atoms with Crippen LogP contribution in [0, 0.1) is 0 Å². The van der Waals surface area contributed by atoms with Gasteiger partial charge in [0.15, 0.2) is 5.82 Å². The molecule has 1 aromatic carbocycles. The molecule has 3 aromatic rings. The number of amides is 1. The molecule has 4 N–H and O–H groups in total. The number of nitrogens with one attached hydrogen (secondary N) is 2. The lowest BCUT2D eigenvalue weighted by Gasteiger charge is -2.38. The maximum atomic E-state index is 11.6. The van der Waals surface area contributed by atoms with Crippen molar-refractivity contribution in [2.45, 2.75) is 32.2 Å². The summed E-state index contributed by atoms with van der Waals surface area (Å²) in [6.07, 6.45) is 2.27. The van der Waals surface area contributed by atoms with E-state index in [9.17, 15) is 4.79 Å². The largest absolute Gasteiger partial charge is 0.368 e. The van der Waals surface area contributed by atoms with Gasteiger partial charge in [0.25, 0.3) is 0 Å². The molecule has 0 saturated carbocycles. The third-order valence-electron chi connectivity index (χ3n) is 4.87. The number of primary amides is 1.